The molecule has 0 radical (unpaired) electrons. The number of carbonyl (C=O) groups is 1. The molecule has 4 heteroatoms. The first-order valence-electron chi connectivity index (χ1n) is 3.49. The van der Waals surface area contributed by atoms with Crippen molar-refractivity contribution in [3.63, 3.8) is 0 Å². The molecule has 0 heterocycles. The van der Waals surface area contributed by atoms with E-state index >= 15 is 0 Å². The van der Waals surface area contributed by atoms with Crippen molar-refractivity contribution in [1.82, 2.24) is 0 Å². The predicted molar refractivity (Wildman–Crippen MR) is 50.5 cm³/mol. The highest BCUT2D eigenvalue weighted by Gasteiger charge is 2.05. The molecule has 0 aliphatic rings. The fourth-order valence-electron chi connectivity index (χ4n) is 0.654. The average Bonchev–Trinajstić information content (AvgIpc) is 2.06. The van der Waals surface area contributed by atoms with Crippen LogP contribution in [0.5, 0.6) is 5.75 Å². The Bertz CT molecular complexity index is 297. The first-order valence-corrected chi connectivity index (χ1v) is 3.49. The lowest BCUT2D eigenvalue weighted by atomic mass is 10.2. The van der Waals surface area contributed by atoms with E-state index in [1.807, 2.05) is 0 Å². The molecule has 0 aliphatic heterocycles. The van der Waals surface area contributed by atoms with Gasteiger partial charge in [-0.15, -0.1) is 0 Å². The van der Waals surface area contributed by atoms with E-state index in [4.69, 9.17) is 10.2 Å². The molecule has 0 saturated carbocycles. The van der Waals surface area contributed by atoms with E-state index in [1.54, 1.807) is 19.2 Å². The van der Waals surface area contributed by atoms with E-state index in [9.17, 15) is 4.79 Å². The Labute approximate surface area is 76.2 Å². The van der Waals surface area contributed by atoms with Crippen LogP contribution < -0.4 is 0 Å². The minimum atomic E-state index is -1.11. The molecule has 1 aromatic rings. The van der Waals surface area contributed by atoms with Crippen LogP contribution in [0.3, 0.4) is 0 Å². The molecule has 0 bridgehead atoms. The topological polar surface area (TPSA) is 69.9 Å². The molecule has 0 spiro atoms. The number of benzene rings is 1. The van der Waals surface area contributed by atoms with Crippen LogP contribution in [-0.2, 0) is 0 Å². The number of carboxylic acid groups (broad SMARTS) is 1. The Morgan fingerprint density at radius 3 is 2.23 bits per heavy atom. The van der Waals surface area contributed by atoms with Crippen molar-refractivity contribution in [2.24, 2.45) is 4.99 Å². The van der Waals surface area contributed by atoms with Crippen molar-refractivity contribution in [3.05, 3.63) is 29.8 Å². The molecule has 1 rings (SSSR count). The second-order valence-corrected chi connectivity index (χ2v) is 2.14. The summed E-state index contributed by atoms with van der Waals surface area (Å²) in [6.45, 7) is 3.11. The maximum atomic E-state index is 10.3. The van der Waals surface area contributed by atoms with Crippen LogP contribution in [0.25, 0.3) is 0 Å². The molecule has 0 amide bonds. The first kappa shape index (κ1) is 11.2. The zero-order chi connectivity index (χ0) is 10.3. The van der Waals surface area contributed by atoms with Crippen LogP contribution in [-0.4, -0.2) is 29.9 Å². The summed E-state index contributed by atoms with van der Waals surface area (Å²) in [6, 6.07) is 5.81. The molecular weight excluding hydrogens is 170 g/mol. The molecule has 4 nitrogen and oxygen atoms in total. The van der Waals surface area contributed by atoms with Crippen LogP contribution in [0.1, 0.15) is 10.4 Å². The van der Waals surface area contributed by atoms with Crippen molar-refractivity contribution in [2.75, 3.05) is 7.05 Å². The number of hydrogen-bond acceptors (Lipinski definition) is 3. The van der Waals surface area contributed by atoms with Crippen molar-refractivity contribution >= 4 is 12.7 Å². The minimum absolute atomic E-state index is 0.0671. The van der Waals surface area contributed by atoms with E-state index < -0.39 is 5.97 Å². The largest absolute Gasteiger partial charge is 0.507 e. The van der Waals surface area contributed by atoms with E-state index in [-0.39, 0.29) is 11.3 Å². The van der Waals surface area contributed by atoms with Gasteiger partial charge in [-0.25, -0.2) is 4.79 Å². The van der Waals surface area contributed by atoms with Crippen LogP contribution in [0.2, 0.25) is 0 Å². The number of nitrogens with zero attached hydrogens (tertiary/aromatic N) is 1. The highest BCUT2D eigenvalue weighted by Crippen LogP contribution is 2.14. The normalized spacial score (nSPS) is 8.08. The number of hydrogen-bond donors (Lipinski definition) is 2. The van der Waals surface area contributed by atoms with Gasteiger partial charge in [0.15, 0.2) is 0 Å². The fourth-order valence-corrected chi connectivity index (χ4v) is 0.654. The van der Waals surface area contributed by atoms with Gasteiger partial charge in [-0.1, -0.05) is 12.1 Å². The fraction of sp³-hybridized carbons (Fsp3) is 0.111. The maximum Gasteiger partial charge on any atom is 0.339 e. The average molecular weight is 181 g/mol. The summed E-state index contributed by atoms with van der Waals surface area (Å²) in [6.07, 6.45) is 0. The smallest absolute Gasteiger partial charge is 0.339 e. The molecule has 70 valence electrons. The monoisotopic (exact) mass is 181 g/mol. The highest BCUT2D eigenvalue weighted by molar-refractivity contribution is 5.90. The standard InChI is InChI=1S/C7H6O3.C2H5N/c8-6-4-2-1-3-5(6)7(9)10;1-3-2/h1-4,8H,(H,9,10);1H2,2H3. The van der Waals surface area contributed by atoms with Crippen molar-refractivity contribution < 1.29 is 15.0 Å². The molecule has 0 saturated heterocycles. The molecule has 1 aromatic carbocycles. The molecule has 0 atom stereocenters. The zero-order valence-corrected chi connectivity index (χ0v) is 7.27. The summed E-state index contributed by atoms with van der Waals surface area (Å²) in [4.78, 5) is 13.5. The molecule has 0 fully saturated rings. The van der Waals surface area contributed by atoms with Gasteiger partial charge >= 0.3 is 5.97 Å². The summed E-state index contributed by atoms with van der Waals surface area (Å²) in [5.41, 5.74) is -0.0671. The first-order chi connectivity index (χ1) is 6.13. The lowest BCUT2D eigenvalue weighted by molar-refractivity contribution is 0.0694. The highest BCUT2D eigenvalue weighted by atomic mass is 16.4. The molecule has 0 aromatic heterocycles. The molecular formula is C9H11NO3. The summed E-state index contributed by atoms with van der Waals surface area (Å²) in [5.74, 6) is -1.31. The Morgan fingerprint density at radius 1 is 1.46 bits per heavy atom. The van der Waals surface area contributed by atoms with Gasteiger partial charge < -0.3 is 15.2 Å². The quantitative estimate of drug-likeness (QED) is 0.643. The summed E-state index contributed by atoms with van der Waals surface area (Å²) in [5, 5.41) is 17.3. The third-order valence-corrected chi connectivity index (χ3v) is 1.13. The van der Waals surface area contributed by atoms with Gasteiger partial charge in [-0.3, -0.25) is 0 Å². The third-order valence-electron chi connectivity index (χ3n) is 1.13. The predicted octanol–water partition coefficient (Wildman–Crippen LogP) is 1.41. The number of aliphatic imine (C=N–C) groups is 1. The number of para-hydroxylation sites is 1. The van der Waals surface area contributed by atoms with Gasteiger partial charge in [-0.05, 0) is 18.9 Å². The van der Waals surface area contributed by atoms with E-state index in [1.165, 1.54) is 12.1 Å². The van der Waals surface area contributed by atoms with Gasteiger partial charge in [0.05, 0.1) is 0 Å². The van der Waals surface area contributed by atoms with Gasteiger partial charge in [-0.2, -0.15) is 0 Å². The van der Waals surface area contributed by atoms with Gasteiger partial charge in [0.2, 0.25) is 0 Å². The summed E-state index contributed by atoms with van der Waals surface area (Å²) >= 11 is 0. The Morgan fingerprint density at radius 2 is 1.92 bits per heavy atom. The van der Waals surface area contributed by atoms with Gasteiger partial charge in [0, 0.05) is 7.05 Å². The Hall–Kier alpha value is -1.84. The van der Waals surface area contributed by atoms with Crippen LogP contribution in [0, 0.1) is 0 Å². The number of phenols is 1. The van der Waals surface area contributed by atoms with Crippen LogP contribution in [0.15, 0.2) is 29.3 Å². The molecule has 0 aliphatic carbocycles. The second-order valence-electron chi connectivity index (χ2n) is 2.14. The van der Waals surface area contributed by atoms with Crippen molar-refractivity contribution in [3.8, 4) is 5.75 Å². The molecule has 13 heavy (non-hydrogen) atoms. The third kappa shape index (κ3) is 3.91. The van der Waals surface area contributed by atoms with Crippen molar-refractivity contribution in [1.29, 1.82) is 0 Å². The minimum Gasteiger partial charge on any atom is -0.507 e. The molecule has 2 N–H and O–H groups in total. The second kappa shape index (κ2) is 5.77. The molecule has 0 unspecified atom stereocenters. The van der Waals surface area contributed by atoms with Gasteiger partial charge in [0.1, 0.15) is 11.3 Å². The van der Waals surface area contributed by atoms with E-state index in [0.717, 1.165) is 0 Å². The van der Waals surface area contributed by atoms with Crippen LogP contribution in [0.4, 0.5) is 0 Å². The zero-order valence-electron chi connectivity index (χ0n) is 7.27. The SMILES string of the molecule is C=NC.O=C(O)c1ccccc1O. The number of aromatic carboxylic acids is 1. The summed E-state index contributed by atoms with van der Waals surface area (Å²) in [7, 11) is 1.64. The van der Waals surface area contributed by atoms with Crippen LogP contribution >= 0.6 is 0 Å². The van der Waals surface area contributed by atoms with E-state index in [2.05, 4.69) is 11.7 Å². The van der Waals surface area contributed by atoms with E-state index in [0.29, 0.717) is 0 Å². The van der Waals surface area contributed by atoms with Gasteiger partial charge in [0.25, 0.3) is 0 Å². The Kier molecular flexibility index (Phi) is 4.95. The number of carboxylic acids is 1. The lowest BCUT2D eigenvalue weighted by Crippen LogP contribution is -1.95. The number of rotatable bonds is 1. The maximum absolute atomic E-state index is 10.3. The number of aromatic hydroxyl groups is 1. The summed E-state index contributed by atoms with van der Waals surface area (Å²) < 4.78 is 0. The Balaban J connectivity index is 0.000000424. The lowest BCUT2D eigenvalue weighted by Gasteiger charge is -1.95. The van der Waals surface area contributed by atoms with Crippen molar-refractivity contribution in [2.45, 2.75) is 0 Å².